The number of sulfonamides is 1. The van der Waals surface area contributed by atoms with E-state index in [1.54, 1.807) is 12.1 Å². The van der Waals surface area contributed by atoms with E-state index in [1.165, 1.54) is 16.4 Å². The first-order valence-electron chi connectivity index (χ1n) is 6.93. The van der Waals surface area contributed by atoms with Gasteiger partial charge in [-0.25, -0.2) is 13.3 Å². The molecule has 7 heteroatoms. The maximum atomic E-state index is 12.7. The molecule has 2 aliphatic heterocycles. The van der Waals surface area contributed by atoms with Crippen molar-refractivity contribution in [1.29, 1.82) is 0 Å². The first kappa shape index (κ1) is 14.5. The summed E-state index contributed by atoms with van der Waals surface area (Å²) in [7, 11) is -3.61. The largest absolute Gasteiger partial charge is 0.359 e. The standard InChI is InChI=1S/C14H17N3O3S/c1-15-12-4-2-3-5-13(12)21(18,19)17-9-6-14(7-10-17)16-8-11-20-14/h2-5,16H,6-11H2. The summed E-state index contributed by atoms with van der Waals surface area (Å²) in [5.41, 5.74) is -0.182. The van der Waals surface area contributed by atoms with Crippen LogP contribution in [-0.2, 0) is 14.8 Å². The summed E-state index contributed by atoms with van der Waals surface area (Å²) in [5.74, 6) is 0. The Morgan fingerprint density at radius 3 is 2.62 bits per heavy atom. The lowest BCUT2D eigenvalue weighted by Crippen LogP contribution is -2.52. The van der Waals surface area contributed by atoms with Gasteiger partial charge in [0.2, 0.25) is 15.7 Å². The van der Waals surface area contributed by atoms with Crippen LogP contribution in [0.1, 0.15) is 12.8 Å². The van der Waals surface area contributed by atoms with Crippen LogP contribution in [-0.4, -0.2) is 44.7 Å². The van der Waals surface area contributed by atoms with Crippen LogP contribution in [0.2, 0.25) is 0 Å². The third-order valence-corrected chi connectivity index (χ3v) is 6.01. The number of hydrogen-bond donors (Lipinski definition) is 1. The number of hydrogen-bond acceptors (Lipinski definition) is 4. The Kier molecular flexibility index (Phi) is 3.71. The molecule has 0 unspecified atom stereocenters. The van der Waals surface area contributed by atoms with Crippen molar-refractivity contribution in [3.05, 3.63) is 35.7 Å². The van der Waals surface area contributed by atoms with E-state index in [0.29, 0.717) is 32.5 Å². The second kappa shape index (κ2) is 5.39. The van der Waals surface area contributed by atoms with Gasteiger partial charge in [0.05, 0.1) is 18.1 Å². The van der Waals surface area contributed by atoms with Crippen molar-refractivity contribution in [2.75, 3.05) is 26.2 Å². The summed E-state index contributed by atoms with van der Waals surface area (Å²) in [6, 6.07) is 6.35. The van der Waals surface area contributed by atoms with Crippen LogP contribution < -0.4 is 5.32 Å². The minimum Gasteiger partial charge on any atom is -0.359 e. The number of nitrogens with zero attached hydrogens (tertiary/aromatic N) is 2. The van der Waals surface area contributed by atoms with Crippen LogP contribution >= 0.6 is 0 Å². The van der Waals surface area contributed by atoms with Gasteiger partial charge >= 0.3 is 0 Å². The zero-order valence-electron chi connectivity index (χ0n) is 11.6. The molecule has 1 spiro atoms. The molecule has 21 heavy (non-hydrogen) atoms. The van der Waals surface area contributed by atoms with E-state index in [-0.39, 0.29) is 16.3 Å². The Morgan fingerprint density at radius 1 is 1.29 bits per heavy atom. The predicted octanol–water partition coefficient (Wildman–Crippen LogP) is 1.34. The van der Waals surface area contributed by atoms with Gasteiger partial charge in [0.1, 0.15) is 5.72 Å². The number of ether oxygens (including phenoxy) is 1. The summed E-state index contributed by atoms with van der Waals surface area (Å²) in [6.45, 7) is 9.42. The van der Waals surface area contributed by atoms with Crippen LogP contribution in [0.15, 0.2) is 29.2 Å². The minimum absolute atomic E-state index is 0.0937. The summed E-state index contributed by atoms with van der Waals surface area (Å²) < 4.78 is 32.5. The van der Waals surface area contributed by atoms with Gasteiger partial charge in [-0.15, -0.1) is 0 Å². The summed E-state index contributed by atoms with van der Waals surface area (Å²) >= 11 is 0. The fraction of sp³-hybridized carbons (Fsp3) is 0.500. The fourth-order valence-corrected chi connectivity index (χ4v) is 4.46. The van der Waals surface area contributed by atoms with Crippen molar-refractivity contribution >= 4 is 15.7 Å². The van der Waals surface area contributed by atoms with Gasteiger partial charge in [0.25, 0.3) is 0 Å². The molecule has 0 radical (unpaired) electrons. The number of rotatable bonds is 2. The van der Waals surface area contributed by atoms with Crippen LogP contribution in [0.25, 0.3) is 4.85 Å². The summed E-state index contributed by atoms with van der Waals surface area (Å²) in [6.07, 6.45) is 1.26. The van der Waals surface area contributed by atoms with Crippen molar-refractivity contribution in [1.82, 2.24) is 9.62 Å². The minimum atomic E-state index is -3.61. The van der Waals surface area contributed by atoms with Gasteiger partial charge in [-0.3, -0.25) is 5.32 Å². The van der Waals surface area contributed by atoms with E-state index in [1.807, 2.05) is 0 Å². The van der Waals surface area contributed by atoms with E-state index >= 15 is 0 Å². The molecule has 0 aromatic heterocycles. The lowest BCUT2D eigenvalue weighted by molar-refractivity contribution is -0.0445. The molecule has 2 heterocycles. The van der Waals surface area contributed by atoms with Gasteiger partial charge in [-0.2, -0.15) is 4.31 Å². The van der Waals surface area contributed by atoms with Gasteiger partial charge in [-0.05, 0) is 0 Å². The zero-order valence-corrected chi connectivity index (χ0v) is 12.4. The van der Waals surface area contributed by atoms with E-state index in [0.717, 1.165) is 6.54 Å². The fourth-order valence-electron chi connectivity index (χ4n) is 2.89. The molecular weight excluding hydrogens is 290 g/mol. The first-order valence-corrected chi connectivity index (χ1v) is 8.37. The number of benzene rings is 1. The van der Waals surface area contributed by atoms with Crippen LogP contribution in [0.5, 0.6) is 0 Å². The van der Waals surface area contributed by atoms with E-state index in [2.05, 4.69) is 10.2 Å². The SMILES string of the molecule is [C-]#[N+]c1ccccc1S(=O)(=O)N1CCC2(CC1)NCCO2. The van der Waals surface area contributed by atoms with Crippen molar-refractivity contribution in [3.8, 4) is 0 Å². The lowest BCUT2D eigenvalue weighted by Gasteiger charge is -2.38. The Balaban J connectivity index is 1.82. The Morgan fingerprint density at radius 2 is 2.00 bits per heavy atom. The zero-order chi connectivity index (χ0) is 14.9. The molecule has 1 aromatic carbocycles. The number of para-hydroxylation sites is 1. The Labute approximate surface area is 124 Å². The number of piperidine rings is 1. The molecule has 6 nitrogen and oxygen atoms in total. The molecule has 2 aliphatic rings. The molecule has 2 saturated heterocycles. The molecular formula is C14H17N3O3S. The van der Waals surface area contributed by atoms with Crippen LogP contribution in [0.4, 0.5) is 5.69 Å². The van der Waals surface area contributed by atoms with Gasteiger partial charge in [0.15, 0.2) is 0 Å². The van der Waals surface area contributed by atoms with E-state index in [9.17, 15) is 8.42 Å². The highest BCUT2D eigenvalue weighted by atomic mass is 32.2. The highest BCUT2D eigenvalue weighted by molar-refractivity contribution is 7.89. The Bertz CT molecular complexity index is 665. The first-order chi connectivity index (χ1) is 10.1. The molecule has 0 amide bonds. The van der Waals surface area contributed by atoms with Crippen molar-refractivity contribution in [2.24, 2.45) is 0 Å². The summed E-state index contributed by atoms with van der Waals surface area (Å²) in [4.78, 5) is 3.40. The van der Waals surface area contributed by atoms with Crippen molar-refractivity contribution in [2.45, 2.75) is 23.5 Å². The molecule has 1 N–H and O–H groups in total. The van der Waals surface area contributed by atoms with E-state index < -0.39 is 10.0 Å². The smallest absolute Gasteiger partial charge is 0.233 e. The van der Waals surface area contributed by atoms with Crippen molar-refractivity contribution in [3.63, 3.8) is 0 Å². The predicted molar refractivity (Wildman–Crippen MR) is 77.4 cm³/mol. The maximum absolute atomic E-state index is 12.7. The molecule has 0 aliphatic carbocycles. The highest BCUT2D eigenvalue weighted by Gasteiger charge is 2.41. The number of nitrogens with one attached hydrogen (secondary N) is 1. The topological polar surface area (TPSA) is 63.0 Å². The van der Waals surface area contributed by atoms with Gasteiger partial charge in [0, 0.05) is 32.5 Å². The average Bonchev–Trinajstić information content (AvgIpc) is 2.96. The molecule has 1 aromatic rings. The van der Waals surface area contributed by atoms with Crippen LogP contribution in [0.3, 0.4) is 0 Å². The third-order valence-electron chi connectivity index (χ3n) is 4.06. The average molecular weight is 307 g/mol. The quantitative estimate of drug-likeness (QED) is 0.838. The second-order valence-electron chi connectivity index (χ2n) is 5.25. The highest BCUT2D eigenvalue weighted by Crippen LogP contribution is 2.32. The molecule has 0 saturated carbocycles. The second-order valence-corrected chi connectivity index (χ2v) is 7.16. The summed E-state index contributed by atoms with van der Waals surface area (Å²) in [5, 5.41) is 3.31. The van der Waals surface area contributed by atoms with Crippen LogP contribution in [0, 0.1) is 6.57 Å². The molecule has 112 valence electrons. The molecule has 0 atom stereocenters. The Hall–Kier alpha value is -1.46. The lowest BCUT2D eigenvalue weighted by atomic mass is 10.0. The maximum Gasteiger partial charge on any atom is 0.233 e. The molecule has 3 rings (SSSR count). The monoisotopic (exact) mass is 307 g/mol. The van der Waals surface area contributed by atoms with Gasteiger partial charge in [-0.1, -0.05) is 24.3 Å². The van der Waals surface area contributed by atoms with E-state index in [4.69, 9.17) is 11.3 Å². The third kappa shape index (κ3) is 2.56. The molecule has 0 bridgehead atoms. The molecule has 2 fully saturated rings. The normalized spacial score (nSPS) is 22.2. The van der Waals surface area contributed by atoms with Crippen molar-refractivity contribution < 1.29 is 13.2 Å². The van der Waals surface area contributed by atoms with Gasteiger partial charge < -0.3 is 4.74 Å².